The summed E-state index contributed by atoms with van der Waals surface area (Å²) in [5, 5.41) is 14.9. The Kier molecular flexibility index (Phi) is 8.06. The second-order valence-corrected chi connectivity index (χ2v) is 9.61. The summed E-state index contributed by atoms with van der Waals surface area (Å²) >= 11 is 0. The van der Waals surface area contributed by atoms with Gasteiger partial charge in [-0.3, -0.25) is 9.59 Å². The highest BCUT2D eigenvalue weighted by Crippen LogP contribution is 2.44. The van der Waals surface area contributed by atoms with Crippen LogP contribution in [0.4, 0.5) is 4.79 Å². The van der Waals surface area contributed by atoms with Gasteiger partial charge in [0.05, 0.1) is 11.8 Å². The molecule has 7 heteroatoms. The van der Waals surface area contributed by atoms with Crippen molar-refractivity contribution in [2.45, 2.75) is 44.9 Å². The Morgan fingerprint density at radius 2 is 1.54 bits per heavy atom. The SMILES string of the molecule is CCC(CNC(=O)OCC1c2ccccc2-c2ccccc21)C(=O)NCC1CCC(C(=O)O)CC1. The summed E-state index contributed by atoms with van der Waals surface area (Å²) < 4.78 is 5.57. The van der Waals surface area contributed by atoms with Crippen LogP contribution in [0.1, 0.15) is 56.1 Å². The summed E-state index contributed by atoms with van der Waals surface area (Å²) in [5.74, 6) is -1.11. The molecule has 2 amide bonds. The summed E-state index contributed by atoms with van der Waals surface area (Å²) in [6, 6.07) is 16.4. The maximum absolute atomic E-state index is 12.6. The van der Waals surface area contributed by atoms with Gasteiger partial charge < -0.3 is 20.5 Å². The second-order valence-electron chi connectivity index (χ2n) is 9.61. The first-order chi connectivity index (χ1) is 17.0. The molecule has 0 spiro atoms. The van der Waals surface area contributed by atoms with Crippen LogP contribution in [0.15, 0.2) is 48.5 Å². The zero-order valence-corrected chi connectivity index (χ0v) is 20.2. The van der Waals surface area contributed by atoms with Gasteiger partial charge >= 0.3 is 12.1 Å². The molecule has 2 aliphatic rings. The fourth-order valence-corrected chi connectivity index (χ4v) is 5.28. The molecule has 0 aromatic heterocycles. The van der Waals surface area contributed by atoms with E-state index in [1.165, 1.54) is 11.1 Å². The van der Waals surface area contributed by atoms with Gasteiger partial charge in [0.1, 0.15) is 6.61 Å². The van der Waals surface area contributed by atoms with Gasteiger partial charge in [0.2, 0.25) is 5.91 Å². The number of carboxylic acids is 1. The highest BCUT2D eigenvalue weighted by atomic mass is 16.5. The number of ether oxygens (including phenoxy) is 1. The average Bonchev–Trinajstić information content (AvgIpc) is 3.20. The third-order valence-electron chi connectivity index (χ3n) is 7.46. The van der Waals surface area contributed by atoms with Crippen molar-refractivity contribution < 1.29 is 24.2 Å². The number of hydrogen-bond donors (Lipinski definition) is 3. The molecule has 0 aliphatic heterocycles. The number of alkyl carbamates (subject to hydrolysis) is 1. The summed E-state index contributed by atoms with van der Waals surface area (Å²) in [6.45, 7) is 2.92. The molecule has 0 radical (unpaired) electrons. The van der Waals surface area contributed by atoms with E-state index in [2.05, 4.69) is 34.9 Å². The number of nitrogens with one attached hydrogen (secondary N) is 2. The van der Waals surface area contributed by atoms with Crippen LogP contribution in [-0.2, 0) is 14.3 Å². The first-order valence-electron chi connectivity index (χ1n) is 12.6. The topological polar surface area (TPSA) is 105 Å². The van der Waals surface area contributed by atoms with Gasteiger partial charge in [-0.25, -0.2) is 4.79 Å². The van der Waals surface area contributed by atoms with Crippen LogP contribution in [0.25, 0.3) is 11.1 Å². The zero-order chi connectivity index (χ0) is 24.8. The van der Waals surface area contributed by atoms with Crippen molar-refractivity contribution in [3.63, 3.8) is 0 Å². The molecule has 0 bridgehead atoms. The molecule has 1 saturated carbocycles. The minimum absolute atomic E-state index is 0.00496. The standard InChI is InChI=1S/C28H34N2O5/c1-2-19(26(31)29-15-18-11-13-20(14-12-18)27(32)33)16-30-28(34)35-17-25-23-9-5-3-7-21(23)22-8-4-6-10-24(22)25/h3-10,18-20,25H,2,11-17H2,1H3,(H,29,31)(H,30,34)(H,32,33). The molecule has 4 rings (SSSR count). The molecular weight excluding hydrogens is 444 g/mol. The van der Waals surface area contributed by atoms with E-state index in [9.17, 15) is 14.4 Å². The highest BCUT2D eigenvalue weighted by Gasteiger charge is 2.29. The summed E-state index contributed by atoms with van der Waals surface area (Å²) in [5.41, 5.74) is 4.67. The van der Waals surface area contributed by atoms with Crippen molar-refractivity contribution in [2.24, 2.45) is 17.8 Å². The van der Waals surface area contributed by atoms with Gasteiger partial charge in [-0.2, -0.15) is 0 Å². The fraction of sp³-hybridized carbons (Fsp3) is 0.464. The van der Waals surface area contributed by atoms with E-state index >= 15 is 0 Å². The predicted molar refractivity (Wildman–Crippen MR) is 133 cm³/mol. The van der Waals surface area contributed by atoms with Gasteiger partial charge in [-0.15, -0.1) is 0 Å². The number of benzene rings is 2. The Balaban J connectivity index is 1.22. The van der Waals surface area contributed by atoms with Crippen LogP contribution >= 0.6 is 0 Å². The molecule has 2 aromatic rings. The lowest BCUT2D eigenvalue weighted by Gasteiger charge is -2.26. The summed E-state index contributed by atoms with van der Waals surface area (Å²) in [6.07, 6.45) is 3.02. The third kappa shape index (κ3) is 5.84. The van der Waals surface area contributed by atoms with Gasteiger partial charge in [0, 0.05) is 19.0 Å². The third-order valence-corrected chi connectivity index (χ3v) is 7.46. The van der Waals surface area contributed by atoms with Crippen molar-refractivity contribution >= 4 is 18.0 Å². The molecule has 1 unspecified atom stereocenters. The van der Waals surface area contributed by atoms with Gasteiger partial charge in [0.15, 0.2) is 0 Å². The monoisotopic (exact) mass is 478 g/mol. The Morgan fingerprint density at radius 1 is 0.943 bits per heavy atom. The number of carbonyl (C=O) groups excluding carboxylic acids is 2. The molecule has 0 heterocycles. The maximum Gasteiger partial charge on any atom is 0.407 e. The van der Waals surface area contributed by atoms with Crippen LogP contribution in [0, 0.1) is 17.8 Å². The molecule has 1 fully saturated rings. The van der Waals surface area contributed by atoms with E-state index in [0.717, 1.165) is 24.0 Å². The molecular formula is C28H34N2O5. The first-order valence-corrected chi connectivity index (χ1v) is 12.6. The Hall–Kier alpha value is -3.35. The van der Waals surface area contributed by atoms with Crippen molar-refractivity contribution in [3.8, 4) is 11.1 Å². The smallest absolute Gasteiger partial charge is 0.407 e. The molecule has 2 aromatic carbocycles. The van der Waals surface area contributed by atoms with E-state index in [0.29, 0.717) is 31.7 Å². The number of carbonyl (C=O) groups is 3. The second kappa shape index (κ2) is 11.4. The minimum Gasteiger partial charge on any atom is -0.481 e. The van der Waals surface area contributed by atoms with Crippen LogP contribution < -0.4 is 10.6 Å². The molecule has 0 saturated heterocycles. The number of fused-ring (bicyclic) bond motifs is 3. The Bertz CT molecular complexity index is 1020. The van der Waals surface area contributed by atoms with E-state index in [1.807, 2.05) is 31.2 Å². The van der Waals surface area contributed by atoms with E-state index < -0.39 is 12.1 Å². The van der Waals surface area contributed by atoms with Gasteiger partial charge in [0.25, 0.3) is 0 Å². The number of amides is 2. The van der Waals surface area contributed by atoms with Crippen molar-refractivity contribution in [2.75, 3.05) is 19.7 Å². The highest BCUT2D eigenvalue weighted by molar-refractivity contribution is 5.80. The quantitative estimate of drug-likeness (QED) is 0.490. The normalized spacial score (nSPS) is 19.8. The van der Waals surface area contributed by atoms with Gasteiger partial charge in [-0.1, -0.05) is 55.5 Å². The summed E-state index contributed by atoms with van der Waals surface area (Å²) in [7, 11) is 0. The Morgan fingerprint density at radius 3 is 2.11 bits per heavy atom. The number of carboxylic acid groups (broad SMARTS) is 1. The minimum atomic E-state index is -0.724. The molecule has 1 atom stereocenters. The lowest BCUT2D eigenvalue weighted by Crippen LogP contribution is -2.41. The molecule has 35 heavy (non-hydrogen) atoms. The molecule has 186 valence electrons. The average molecular weight is 479 g/mol. The largest absolute Gasteiger partial charge is 0.481 e. The van der Waals surface area contributed by atoms with Crippen LogP contribution in [-0.4, -0.2) is 42.8 Å². The van der Waals surface area contributed by atoms with Crippen molar-refractivity contribution in [1.29, 1.82) is 0 Å². The molecule has 7 nitrogen and oxygen atoms in total. The lowest BCUT2D eigenvalue weighted by molar-refractivity contribution is -0.143. The van der Waals surface area contributed by atoms with E-state index in [1.54, 1.807) is 0 Å². The lowest BCUT2D eigenvalue weighted by atomic mass is 9.82. The van der Waals surface area contributed by atoms with Gasteiger partial charge in [-0.05, 0) is 60.3 Å². The fourth-order valence-electron chi connectivity index (χ4n) is 5.28. The summed E-state index contributed by atoms with van der Waals surface area (Å²) in [4.78, 5) is 36.2. The number of aliphatic carboxylic acids is 1. The van der Waals surface area contributed by atoms with Crippen LogP contribution in [0.3, 0.4) is 0 Å². The zero-order valence-electron chi connectivity index (χ0n) is 20.2. The van der Waals surface area contributed by atoms with Crippen LogP contribution in [0.2, 0.25) is 0 Å². The van der Waals surface area contributed by atoms with Crippen molar-refractivity contribution in [1.82, 2.24) is 10.6 Å². The van der Waals surface area contributed by atoms with E-state index in [4.69, 9.17) is 9.84 Å². The Labute approximate surface area is 206 Å². The van der Waals surface area contributed by atoms with E-state index in [-0.39, 0.29) is 36.8 Å². The first kappa shape index (κ1) is 24.8. The molecule has 3 N–H and O–H groups in total. The number of rotatable bonds is 9. The number of hydrogen-bond acceptors (Lipinski definition) is 4. The maximum atomic E-state index is 12.6. The molecule has 2 aliphatic carbocycles. The van der Waals surface area contributed by atoms with Crippen molar-refractivity contribution in [3.05, 3.63) is 59.7 Å². The van der Waals surface area contributed by atoms with Crippen LogP contribution in [0.5, 0.6) is 0 Å². The predicted octanol–water partition coefficient (Wildman–Crippen LogP) is 4.56.